The van der Waals surface area contributed by atoms with E-state index >= 15 is 0 Å². The summed E-state index contributed by atoms with van der Waals surface area (Å²) >= 11 is 0. The third kappa shape index (κ3) is 2.95. The summed E-state index contributed by atoms with van der Waals surface area (Å²) in [4.78, 5) is 0. The highest BCUT2D eigenvalue weighted by Crippen LogP contribution is 2.23. The zero-order valence-electron chi connectivity index (χ0n) is 7.40. The Kier molecular flexibility index (Phi) is 3.58. The van der Waals surface area contributed by atoms with E-state index in [1.165, 1.54) is 6.07 Å². The van der Waals surface area contributed by atoms with Gasteiger partial charge in [-0.05, 0) is 30.9 Å². The van der Waals surface area contributed by atoms with E-state index < -0.39 is 0 Å². The van der Waals surface area contributed by atoms with E-state index in [0.29, 0.717) is 0 Å². The minimum absolute atomic E-state index is 0.0726. The second-order valence-electron chi connectivity index (χ2n) is 2.99. The Bertz CT molecular complexity index is 271. The van der Waals surface area contributed by atoms with Crippen LogP contribution in [-0.2, 0) is 6.42 Å². The van der Waals surface area contributed by atoms with Gasteiger partial charge in [0.25, 0.3) is 0 Å². The van der Waals surface area contributed by atoms with Gasteiger partial charge in [0.2, 0.25) is 0 Å². The van der Waals surface area contributed by atoms with Gasteiger partial charge in [0, 0.05) is 12.7 Å². The maximum atomic E-state index is 9.37. The maximum Gasteiger partial charge on any atom is 0.122 e. The Morgan fingerprint density at radius 3 is 2.46 bits per heavy atom. The van der Waals surface area contributed by atoms with Crippen molar-refractivity contribution in [1.29, 1.82) is 0 Å². The number of phenols is 2. The number of phenolic OH excluding ortho intramolecular Hbond substituents is 2. The van der Waals surface area contributed by atoms with Crippen LogP contribution in [0.5, 0.6) is 11.5 Å². The number of aliphatic hydroxyl groups is 1. The molecule has 0 aliphatic rings. The number of aromatic hydroxyl groups is 2. The highest BCUT2D eigenvalue weighted by molar-refractivity contribution is 5.38. The molecule has 1 rings (SSSR count). The number of aliphatic hydroxyl groups excluding tert-OH is 1. The van der Waals surface area contributed by atoms with Gasteiger partial charge in [0.1, 0.15) is 11.5 Å². The van der Waals surface area contributed by atoms with Crippen molar-refractivity contribution in [2.45, 2.75) is 19.3 Å². The minimum Gasteiger partial charge on any atom is -0.508 e. The van der Waals surface area contributed by atoms with Crippen molar-refractivity contribution in [2.75, 3.05) is 6.61 Å². The first-order valence-corrected chi connectivity index (χ1v) is 4.36. The first kappa shape index (κ1) is 9.86. The highest BCUT2D eigenvalue weighted by Gasteiger charge is 2.01. The number of benzene rings is 1. The summed E-state index contributed by atoms with van der Waals surface area (Å²) < 4.78 is 0. The fourth-order valence-electron chi connectivity index (χ4n) is 1.19. The molecule has 0 fully saturated rings. The zero-order chi connectivity index (χ0) is 9.68. The van der Waals surface area contributed by atoms with E-state index in [1.807, 2.05) is 0 Å². The summed E-state index contributed by atoms with van der Waals surface area (Å²) in [6.45, 7) is 0.179. The second kappa shape index (κ2) is 4.72. The van der Waals surface area contributed by atoms with Crippen molar-refractivity contribution in [3.05, 3.63) is 23.8 Å². The molecule has 0 saturated carbocycles. The molecule has 3 nitrogen and oxygen atoms in total. The van der Waals surface area contributed by atoms with Crippen LogP contribution in [0.4, 0.5) is 0 Å². The monoisotopic (exact) mass is 182 g/mol. The lowest BCUT2D eigenvalue weighted by Crippen LogP contribution is -1.89. The third-order valence-corrected chi connectivity index (χ3v) is 1.92. The molecule has 3 N–H and O–H groups in total. The van der Waals surface area contributed by atoms with Crippen LogP contribution in [0.15, 0.2) is 18.2 Å². The van der Waals surface area contributed by atoms with Crippen LogP contribution < -0.4 is 0 Å². The lowest BCUT2D eigenvalue weighted by Gasteiger charge is -2.03. The fourth-order valence-corrected chi connectivity index (χ4v) is 1.19. The lowest BCUT2D eigenvalue weighted by atomic mass is 10.1. The van der Waals surface area contributed by atoms with E-state index in [1.54, 1.807) is 12.1 Å². The predicted molar refractivity (Wildman–Crippen MR) is 49.8 cm³/mol. The maximum absolute atomic E-state index is 9.37. The molecule has 0 bridgehead atoms. The number of hydrogen-bond donors (Lipinski definition) is 3. The molecule has 1 aromatic rings. The van der Waals surface area contributed by atoms with E-state index in [4.69, 9.17) is 10.2 Å². The average Bonchev–Trinajstić information content (AvgIpc) is 2.09. The summed E-state index contributed by atoms with van der Waals surface area (Å²) in [6, 6.07) is 4.57. The minimum atomic E-state index is 0.0726. The Labute approximate surface area is 77.3 Å². The lowest BCUT2D eigenvalue weighted by molar-refractivity contribution is 0.284. The van der Waals surface area contributed by atoms with Gasteiger partial charge in [-0.15, -0.1) is 0 Å². The molecule has 0 saturated heterocycles. The van der Waals surface area contributed by atoms with Crippen LogP contribution in [0, 0.1) is 0 Å². The number of rotatable bonds is 4. The molecular formula is C10H14O3. The van der Waals surface area contributed by atoms with Crippen molar-refractivity contribution in [1.82, 2.24) is 0 Å². The molecule has 0 heterocycles. The van der Waals surface area contributed by atoms with Gasteiger partial charge in [0.05, 0.1) is 0 Å². The fraction of sp³-hybridized carbons (Fsp3) is 0.400. The molecule has 1 aromatic carbocycles. The number of unbranched alkanes of at least 4 members (excludes halogenated alkanes) is 1. The van der Waals surface area contributed by atoms with E-state index in [-0.39, 0.29) is 18.1 Å². The molecule has 3 heteroatoms. The highest BCUT2D eigenvalue weighted by atomic mass is 16.3. The molecule has 0 unspecified atom stereocenters. The number of aryl methyl sites for hydroxylation is 1. The first-order chi connectivity index (χ1) is 6.24. The summed E-state index contributed by atoms with van der Waals surface area (Å²) in [6.07, 6.45) is 2.31. The Hall–Kier alpha value is -1.22. The predicted octanol–water partition coefficient (Wildman–Crippen LogP) is 1.41. The molecule has 0 aromatic heterocycles. The van der Waals surface area contributed by atoms with Gasteiger partial charge in [-0.25, -0.2) is 0 Å². The van der Waals surface area contributed by atoms with Crippen molar-refractivity contribution in [2.24, 2.45) is 0 Å². The van der Waals surface area contributed by atoms with Gasteiger partial charge in [-0.3, -0.25) is 0 Å². The summed E-state index contributed by atoms with van der Waals surface area (Å²) in [5.41, 5.74) is 0.811. The number of hydrogen-bond acceptors (Lipinski definition) is 3. The Morgan fingerprint density at radius 2 is 1.85 bits per heavy atom. The van der Waals surface area contributed by atoms with E-state index in [9.17, 15) is 5.11 Å². The molecule has 0 atom stereocenters. The van der Waals surface area contributed by atoms with Crippen LogP contribution in [0.25, 0.3) is 0 Å². The van der Waals surface area contributed by atoms with Gasteiger partial charge < -0.3 is 15.3 Å². The molecule has 0 amide bonds. The zero-order valence-corrected chi connectivity index (χ0v) is 7.40. The second-order valence-corrected chi connectivity index (χ2v) is 2.99. The van der Waals surface area contributed by atoms with E-state index in [2.05, 4.69) is 0 Å². The molecule has 0 aliphatic heterocycles. The normalized spacial score (nSPS) is 10.2. The average molecular weight is 182 g/mol. The Balaban J connectivity index is 2.56. The molecule has 0 aliphatic carbocycles. The summed E-state index contributed by atoms with van der Waals surface area (Å²) in [5.74, 6) is 0.196. The summed E-state index contributed by atoms with van der Waals surface area (Å²) in [5, 5.41) is 26.9. The van der Waals surface area contributed by atoms with Gasteiger partial charge in [-0.2, -0.15) is 0 Å². The smallest absolute Gasteiger partial charge is 0.122 e. The SMILES string of the molecule is OCCCCc1ccc(O)cc1O. The van der Waals surface area contributed by atoms with Gasteiger partial charge in [0.15, 0.2) is 0 Å². The van der Waals surface area contributed by atoms with Gasteiger partial charge in [-0.1, -0.05) is 6.07 Å². The molecule has 72 valence electrons. The van der Waals surface area contributed by atoms with Crippen LogP contribution in [-0.4, -0.2) is 21.9 Å². The topological polar surface area (TPSA) is 60.7 Å². The standard InChI is InChI=1S/C10H14O3/c11-6-2-1-3-8-4-5-9(12)7-10(8)13/h4-5,7,11-13H,1-3,6H2. The molecular weight excluding hydrogens is 168 g/mol. The van der Waals surface area contributed by atoms with Crippen LogP contribution in [0.2, 0.25) is 0 Å². The van der Waals surface area contributed by atoms with Crippen molar-refractivity contribution < 1.29 is 15.3 Å². The molecule has 13 heavy (non-hydrogen) atoms. The van der Waals surface area contributed by atoms with Crippen LogP contribution in [0.3, 0.4) is 0 Å². The van der Waals surface area contributed by atoms with Crippen molar-refractivity contribution >= 4 is 0 Å². The Morgan fingerprint density at radius 1 is 1.08 bits per heavy atom. The van der Waals surface area contributed by atoms with Crippen molar-refractivity contribution in [3.63, 3.8) is 0 Å². The molecule has 0 radical (unpaired) electrons. The quantitative estimate of drug-likeness (QED) is 0.617. The van der Waals surface area contributed by atoms with Crippen molar-refractivity contribution in [3.8, 4) is 11.5 Å². The van der Waals surface area contributed by atoms with E-state index in [0.717, 1.165) is 24.8 Å². The largest absolute Gasteiger partial charge is 0.508 e. The first-order valence-electron chi connectivity index (χ1n) is 4.36. The molecule has 0 spiro atoms. The van der Waals surface area contributed by atoms with Crippen LogP contribution in [0.1, 0.15) is 18.4 Å². The third-order valence-electron chi connectivity index (χ3n) is 1.92. The van der Waals surface area contributed by atoms with Gasteiger partial charge >= 0.3 is 0 Å². The summed E-state index contributed by atoms with van der Waals surface area (Å²) in [7, 11) is 0. The van der Waals surface area contributed by atoms with Crippen LogP contribution >= 0.6 is 0 Å².